The highest BCUT2D eigenvalue weighted by Gasteiger charge is 2.23. The number of rotatable bonds is 5. The Hall–Kier alpha value is -2.66. The third-order valence-corrected chi connectivity index (χ3v) is 4.93. The maximum Gasteiger partial charge on any atom is 0.246 e. The minimum absolute atomic E-state index is 0.0406. The number of quaternary nitrogens is 1. The molecule has 1 aliphatic rings. The molecule has 0 aromatic heterocycles. The Morgan fingerprint density at radius 2 is 2.00 bits per heavy atom. The minimum Gasteiger partial charge on any atom is -0.496 e. The molecule has 0 aliphatic carbocycles. The fourth-order valence-electron chi connectivity index (χ4n) is 3.42. The standard InChI is InChI=1S/C22H25FN2O2/c1-17-4-3-5-18(14-17)6-9-22(26)25-12-10-24(11-13-25)16-19-15-20(23)7-8-21(19)27-2/h3-9,14-15H,10-13,16H2,1-2H3/p+1/b9-6+. The van der Waals surface area contributed by atoms with Gasteiger partial charge in [-0.3, -0.25) is 4.79 Å². The fraction of sp³-hybridized carbons (Fsp3) is 0.318. The van der Waals surface area contributed by atoms with Crippen LogP contribution in [0.5, 0.6) is 5.75 Å². The van der Waals surface area contributed by atoms with Crippen LogP contribution in [0.25, 0.3) is 6.08 Å². The second-order valence-corrected chi connectivity index (χ2v) is 6.96. The number of carbonyl (C=O) groups is 1. The number of ether oxygens (including phenoxy) is 1. The molecule has 27 heavy (non-hydrogen) atoms. The first kappa shape index (κ1) is 19.1. The van der Waals surface area contributed by atoms with Crippen LogP contribution in [0.3, 0.4) is 0 Å². The number of methoxy groups -OCH3 is 1. The molecule has 0 bridgehead atoms. The number of aryl methyl sites for hydroxylation is 1. The molecule has 5 heteroatoms. The van der Waals surface area contributed by atoms with Gasteiger partial charge in [-0.25, -0.2) is 4.39 Å². The summed E-state index contributed by atoms with van der Waals surface area (Å²) in [6, 6.07) is 12.7. The summed E-state index contributed by atoms with van der Waals surface area (Å²) in [4.78, 5) is 15.6. The number of nitrogens with one attached hydrogen (secondary N) is 1. The summed E-state index contributed by atoms with van der Waals surface area (Å²) in [5.41, 5.74) is 3.08. The summed E-state index contributed by atoms with van der Waals surface area (Å²) in [5.74, 6) is 0.502. The van der Waals surface area contributed by atoms with E-state index < -0.39 is 0 Å². The van der Waals surface area contributed by atoms with E-state index in [1.54, 1.807) is 19.3 Å². The van der Waals surface area contributed by atoms with Crippen molar-refractivity contribution in [1.82, 2.24) is 4.90 Å². The predicted molar refractivity (Wildman–Crippen MR) is 104 cm³/mol. The van der Waals surface area contributed by atoms with Crippen molar-refractivity contribution in [3.05, 3.63) is 71.0 Å². The number of piperazine rings is 1. The van der Waals surface area contributed by atoms with Gasteiger partial charge in [0.05, 0.1) is 38.9 Å². The van der Waals surface area contributed by atoms with Crippen LogP contribution in [0.4, 0.5) is 4.39 Å². The Labute approximate surface area is 159 Å². The molecule has 1 amide bonds. The van der Waals surface area contributed by atoms with Gasteiger partial charge in [0.25, 0.3) is 0 Å². The van der Waals surface area contributed by atoms with Crippen molar-refractivity contribution >= 4 is 12.0 Å². The second-order valence-electron chi connectivity index (χ2n) is 6.96. The van der Waals surface area contributed by atoms with E-state index in [0.717, 1.165) is 24.2 Å². The molecule has 0 radical (unpaired) electrons. The number of nitrogens with zero attached hydrogens (tertiary/aromatic N) is 1. The summed E-state index contributed by atoms with van der Waals surface area (Å²) in [6.07, 6.45) is 3.52. The zero-order valence-corrected chi connectivity index (χ0v) is 15.9. The molecule has 1 aliphatic heterocycles. The Morgan fingerprint density at radius 1 is 1.22 bits per heavy atom. The molecule has 2 aromatic rings. The molecule has 0 unspecified atom stereocenters. The molecule has 1 saturated heterocycles. The van der Waals surface area contributed by atoms with Crippen LogP contribution in [0, 0.1) is 12.7 Å². The van der Waals surface area contributed by atoms with E-state index in [1.165, 1.54) is 22.6 Å². The molecule has 1 heterocycles. The Kier molecular flexibility index (Phi) is 6.24. The van der Waals surface area contributed by atoms with Crippen LogP contribution in [-0.2, 0) is 11.3 Å². The molecule has 3 rings (SSSR count). The number of benzene rings is 2. The van der Waals surface area contributed by atoms with Crippen LogP contribution in [0.15, 0.2) is 48.5 Å². The summed E-state index contributed by atoms with van der Waals surface area (Å²) < 4.78 is 18.9. The molecular formula is C22H26FN2O2+. The SMILES string of the molecule is COc1ccc(F)cc1C[NH+]1CCN(C(=O)/C=C/c2cccc(C)c2)CC1. The molecular weight excluding hydrogens is 343 g/mol. The van der Waals surface area contributed by atoms with Crippen molar-refractivity contribution < 1.29 is 18.8 Å². The van der Waals surface area contributed by atoms with Crippen molar-refractivity contribution in [2.24, 2.45) is 0 Å². The van der Waals surface area contributed by atoms with Gasteiger partial charge >= 0.3 is 0 Å². The lowest BCUT2D eigenvalue weighted by Crippen LogP contribution is -3.13. The number of carbonyl (C=O) groups excluding carboxylic acids is 1. The second kappa shape index (κ2) is 8.82. The number of hydrogen-bond donors (Lipinski definition) is 1. The normalized spacial score (nSPS) is 15.3. The number of halogens is 1. The number of hydrogen-bond acceptors (Lipinski definition) is 2. The molecule has 0 saturated carbocycles. The van der Waals surface area contributed by atoms with Crippen molar-refractivity contribution in [3.8, 4) is 5.75 Å². The van der Waals surface area contributed by atoms with Crippen LogP contribution in [0.1, 0.15) is 16.7 Å². The van der Waals surface area contributed by atoms with Gasteiger partial charge in [-0.1, -0.05) is 29.8 Å². The van der Waals surface area contributed by atoms with Gasteiger partial charge in [-0.2, -0.15) is 0 Å². The third kappa shape index (κ3) is 5.17. The maximum atomic E-state index is 13.5. The van der Waals surface area contributed by atoms with Gasteiger partial charge in [-0.05, 0) is 36.8 Å². The van der Waals surface area contributed by atoms with E-state index in [0.29, 0.717) is 25.4 Å². The average Bonchev–Trinajstić information content (AvgIpc) is 2.67. The summed E-state index contributed by atoms with van der Waals surface area (Å²) in [6.45, 7) is 5.80. The van der Waals surface area contributed by atoms with Crippen LogP contribution >= 0.6 is 0 Å². The maximum absolute atomic E-state index is 13.5. The fourth-order valence-corrected chi connectivity index (χ4v) is 3.42. The Balaban J connectivity index is 1.54. The quantitative estimate of drug-likeness (QED) is 0.819. The molecule has 142 valence electrons. The summed E-state index contributed by atoms with van der Waals surface area (Å²) in [7, 11) is 1.60. The van der Waals surface area contributed by atoms with Crippen molar-refractivity contribution in [3.63, 3.8) is 0 Å². The lowest BCUT2D eigenvalue weighted by Gasteiger charge is -2.32. The molecule has 2 aromatic carbocycles. The van der Waals surface area contributed by atoms with Crippen molar-refractivity contribution in [2.75, 3.05) is 33.3 Å². The van der Waals surface area contributed by atoms with Crippen LogP contribution in [-0.4, -0.2) is 44.1 Å². The van der Waals surface area contributed by atoms with Gasteiger partial charge in [0.15, 0.2) is 0 Å². The van der Waals surface area contributed by atoms with E-state index in [1.807, 2.05) is 36.1 Å². The highest BCUT2D eigenvalue weighted by Crippen LogP contribution is 2.18. The van der Waals surface area contributed by atoms with Crippen molar-refractivity contribution in [2.45, 2.75) is 13.5 Å². The molecule has 1 N–H and O–H groups in total. The lowest BCUT2D eigenvalue weighted by atomic mass is 10.1. The zero-order valence-electron chi connectivity index (χ0n) is 15.9. The highest BCUT2D eigenvalue weighted by molar-refractivity contribution is 5.91. The predicted octanol–water partition coefficient (Wildman–Crippen LogP) is 2.08. The van der Waals surface area contributed by atoms with Gasteiger partial charge in [0, 0.05) is 6.08 Å². The smallest absolute Gasteiger partial charge is 0.246 e. The van der Waals surface area contributed by atoms with Gasteiger partial charge in [0.1, 0.15) is 18.1 Å². The largest absolute Gasteiger partial charge is 0.496 e. The highest BCUT2D eigenvalue weighted by atomic mass is 19.1. The first-order valence-corrected chi connectivity index (χ1v) is 9.25. The minimum atomic E-state index is -0.250. The van der Waals surface area contributed by atoms with Crippen molar-refractivity contribution in [1.29, 1.82) is 0 Å². The van der Waals surface area contributed by atoms with Gasteiger partial charge in [-0.15, -0.1) is 0 Å². The lowest BCUT2D eigenvalue weighted by molar-refractivity contribution is -0.917. The van der Waals surface area contributed by atoms with E-state index in [2.05, 4.69) is 6.07 Å². The van der Waals surface area contributed by atoms with E-state index >= 15 is 0 Å². The summed E-state index contributed by atoms with van der Waals surface area (Å²) >= 11 is 0. The molecule has 4 nitrogen and oxygen atoms in total. The van der Waals surface area contributed by atoms with Crippen LogP contribution < -0.4 is 9.64 Å². The van der Waals surface area contributed by atoms with E-state index in [-0.39, 0.29) is 11.7 Å². The van der Waals surface area contributed by atoms with E-state index in [4.69, 9.17) is 4.74 Å². The number of amides is 1. The topological polar surface area (TPSA) is 34.0 Å². The monoisotopic (exact) mass is 369 g/mol. The zero-order chi connectivity index (χ0) is 19.2. The Morgan fingerprint density at radius 3 is 2.70 bits per heavy atom. The molecule has 0 atom stereocenters. The first-order valence-electron chi connectivity index (χ1n) is 9.25. The van der Waals surface area contributed by atoms with Gasteiger partial charge in [0.2, 0.25) is 5.91 Å². The molecule has 1 fully saturated rings. The van der Waals surface area contributed by atoms with E-state index in [9.17, 15) is 9.18 Å². The summed E-state index contributed by atoms with van der Waals surface area (Å²) in [5, 5.41) is 0. The van der Waals surface area contributed by atoms with Gasteiger partial charge < -0.3 is 14.5 Å². The Bertz CT molecular complexity index is 827. The first-order chi connectivity index (χ1) is 13.0. The molecule has 0 spiro atoms. The van der Waals surface area contributed by atoms with Crippen LogP contribution in [0.2, 0.25) is 0 Å². The average molecular weight is 369 g/mol. The third-order valence-electron chi connectivity index (χ3n) is 4.93.